The molecule has 8 heteroatoms. The quantitative estimate of drug-likeness (QED) is 0.499. The molecule has 0 saturated heterocycles. The van der Waals surface area contributed by atoms with Crippen molar-refractivity contribution < 1.29 is 9.90 Å². The molecular weight excluding hydrogens is 387 g/mol. The molecule has 3 rings (SSSR count). The summed E-state index contributed by atoms with van der Waals surface area (Å²) in [4.78, 5) is 16.9. The predicted octanol–water partition coefficient (Wildman–Crippen LogP) is 3.41. The van der Waals surface area contributed by atoms with Gasteiger partial charge in [0.15, 0.2) is 0 Å². The second-order valence-electron chi connectivity index (χ2n) is 6.17. The van der Waals surface area contributed by atoms with Crippen LogP contribution in [0.5, 0.6) is 0 Å². The summed E-state index contributed by atoms with van der Waals surface area (Å²) < 4.78 is 1.80. The second-order valence-corrected chi connectivity index (χ2v) is 6.98. The van der Waals surface area contributed by atoms with Gasteiger partial charge in [0.2, 0.25) is 11.9 Å². The van der Waals surface area contributed by atoms with Crippen LogP contribution >= 0.6 is 23.2 Å². The minimum absolute atomic E-state index is 0.0652. The molecule has 1 unspecified atom stereocenters. The molecule has 0 aliphatic carbocycles. The van der Waals surface area contributed by atoms with E-state index >= 15 is 0 Å². The third kappa shape index (κ3) is 4.35. The van der Waals surface area contributed by atoms with Crippen LogP contribution in [0.1, 0.15) is 18.0 Å². The number of amides is 1. The Morgan fingerprint density at radius 1 is 1.22 bits per heavy atom. The van der Waals surface area contributed by atoms with Gasteiger partial charge in [-0.3, -0.25) is 9.36 Å². The van der Waals surface area contributed by atoms with Crippen LogP contribution in [0.25, 0.3) is 11.0 Å². The third-order valence-electron chi connectivity index (χ3n) is 4.27. The van der Waals surface area contributed by atoms with Crippen molar-refractivity contribution in [2.75, 3.05) is 18.5 Å². The number of anilines is 1. The maximum Gasteiger partial charge on any atom is 0.240 e. The van der Waals surface area contributed by atoms with Crippen molar-refractivity contribution >= 4 is 46.1 Å². The number of aliphatic hydroxyl groups excluding tert-OH is 1. The van der Waals surface area contributed by atoms with E-state index in [4.69, 9.17) is 34.0 Å². The van der Waals surface area contributed by atoms with E-state index in [2.05, 4.69) is 10.3 Å². The lowest BCUT2D eigenvalue weighted by Crippen LogP contribution is -2.29. The lowest BCUT2D eigenvalue weighted by atomic mass is 10.0. The summed E-state index contributed by atoms with van der Waals surface area (Å²) in [6.07, 6.45) is 0.915. The van der Waals surface area contributed by atoms with Gasteiger partial charge in [0.1, 0.15) is 6.04 Å². The predicted molar refractivity (Wildman–Crippen MR) is 108 cm³/mol. The summed E-state index contributed by atoms with van der Waals surface area (Å²) >= 11 is 12.1. The number of imidazole rings is 1. The first kappa shape index (κ1) is 19.5. The average Bonchev–Trinajstić information content (AvgIpc) is 3.00. The van der Waals surface area contributed by atoms with E-state index in [-0.39, 0.29) is 6.61 Å². The number of halogens is 2. The molecule has 0 fully saturated rings. The van der Waals surface area contributed by atoms with Crippen molar-refractivity contribution in [3.63, 3.8) is 0 Å². The molecule has 1 aromatic heterocycles. The van der Waals surface area contributed by atoms with Gasteiger partial charge in [0.25, 0.3) is 0 Å². The van der Waals surface area contributed by atoms with Gasteiger partial charge in [-0.05, 0) is 36.2 Å². The van der Waals surface area contributed by atoms with Crippen molar-refractivity contribution in [3.05, 3.63) is 58.1 Å². The number of carbonyl (C=O) groups is 1. The lowest BCUT2D eigenvalue weighted by Gasteiger charge is -2.20. The maximum atomic E-state index is 12.3. The van der Waals surface area contributed by atoms with Crippen LogP contribution < -0.4 is 11.1 Å². The molecule has 0 radical (unpaired) electrons. The lowest BCUT2D eigenvalue weighted by molar-refractivity contribution is -0.121. The molecule has 2 aromatic carbocycles. The van der Waals surface area contributed by atoms with Crippen molar-refractivity contribution in [2.45, 2.75) is 18.9 Å². The van der Waals surface area contributed by atoms with Gasteiger partial charge in [0.05, 0.1) is 21.1 Å². The molecule has 0 aliphatic heterocycles. The van der Waals surface area contributed by atoms with Gasteiger partial charge >= 0.3 is 0 Å². The Bertz CT molecular complexity index is 958. The molecule has 1 atom stereocenters. The fraction of sp³-hybridized carbons (Fsp3) is 0.263. The Labute approximate surface area is 166 Å². The molecule has 1 amide bonds. The summed E-state index contributed by atoms with van der Waals surface area (Å²) in [6, 6.07) is 12.1. The highest BCUT2D eigenvalue weighted by molar-refractivity contribution is 6.42. The standard InChI is InChI=1S/C19H20Cl2N4O2/c20-13-7-6-12(10-14(13)21)11-17(18(22)27)25-16-5-2-1-4-15(16)24-19(25)23-8-3-9-26/h1-2,4-7,10,17,26H,3,8-9,11H2,(H2,22,27)(H,23,24). The number of nitrogens with zero attached hydrogens (tertiary/aromatic N) is 2. The average molecular weight is 407 g/mol. The maximum absolute atomic E-state index is 12.3. The summed E-state index contributed by atoms with van der Waals surface area (Å²) in [5, 5.41) is 13.1. The Kier molecular flexibility index (Phi) is 6.21. The SMILES string of the molecule is NC(=O)C(Cc1ccc(Cl)c(Cl)c1)n1c(NCCCO)nc2ccccc21. The first-order valence-electron chi connectivity index (χ1n) is 8.56. The number of rotatable bonds is 8. The smallest absolute Gasteiger partial charge is 0.240 e. The molecule has 0 spiro atoms. The van der Waals surface area contributed by atoms with Gasteiger partial charge in [-0.2, -0.15) is 0 Å². The molecule has 3 aromatic rings. The number of nitrogens with two attached hydrogens (primary N) is 1. The highest BCUT2D eigenvalue weighted by Crippen LogP contribution is 2.29. The van der Waals surface area contributed by atoms with Crippen LogP contribution in [-0.4, -0.2) is 33.7 Å². The zero-order chi connectivity index (χ0) is 19.4. The van der Waals surface area contributed by atoms with Crippen LogP contribution in [-0.2, 0) is 11.2 Å². The first-order valence-corrected chi connectivity index (χ1v) is 9.31. The van der Waals surface area contributed by atoms with E-state index in [9.17, 15) is 4.79 Å². The van der Waals surface area contributed by atoms with E-state index in [0.717, 1.165) is 16.6 Å². The Morgan fingerprint density at radius 3 is 2.70 bits per heavy atom. The molecule has 0 bridgehead atoms. The number of primary amides is 1. The second kappa shape index (κ2) is 8.61. The molecule has 1 heterocycles. The number of nitrogens with one attached hydrogen (secondary N) is 1. The van der Waals surface area contributed by atoms with Crippen molar-refractivity contribution in [2.24, 2.45) is 5.73 Å². The van der Waals surface area contributed by atoms with E-state index < -0.39 is 11.9 Å². The van der Waals surface area contributed by atoms with Crippen molar-refractivity contribution in [1.29, 1.82) is 0 Å². The van der Waals surface area contributed by atoms with Crippen LogP contribution in [0.3, 0.4) is 0 Å². The van der Waals surface area contributed by atoms with Crippen LogP contribution in [0.15, 0.2) is 42.5 Å². The van der Waals surface area contributed by atoms with Crippen LogP contribution in [0.2, 0.25) is 10.0 Å². The van der Waals surface area contributed by atoms with Crippen LogP contribution in [0.4, 0.5) is 5.95 Å². The van der Waals surface area contributed by atoms with Gasteiger partial charge in [-0.25, -0.2) is 4.98 Å². The van der Waals surface area contributed by atoms with Gasteiger partial charge in [0, 0.05) is 19.6 Å². The number of aliphatic hydroxyl groups is 1. The number of benzene rings is 2. The fourth-order valence-electron chi connectivity index (χ4n) is 2.97. The van der Waals surface area contributed by atoms with Gasteiger partial charge < -0.3 is 16.2 Å². The number of fused-ring (bicyclic) bond motifs is 1. The molecule has 4 N–H and O–H groups in total. The minimum Gasteiger partial charge on any atom is -0.396 e. The van der Waals surface area contributed by atoms with Gasteiger partial charge in [-0.1, -0.05) is 41.4 Å². The van der Waals surface area contributed by atoms with Crippen molar-refractivity contribution in [1.82, 2.24) is 9.55 Å². The molecule has 0 aliphatic rings. The topological polar surface area (TPSA) is 93.2 Å². The van der Waals surface area contributed by atoms with E-state index in [1.807, 2.05) is 30.3 Å². The highest BCUT2D eigenvalue weighted by atomic mass is 35.5. The Morgan fingerprint density at radius 2 is 2.00 bits per heavy atom. The summed E-state index contributed by atoms with van der Waals surface area (Å²) in [5.41, 5.74) is 8.14. The zero-order valence-electron chi connectivity index (χ0n) is 14.5. The monoisotopic (exact) mass is 406 g/mol. The normalized spacial score (nSPS) is 12.3. The van der Waals surface area contributed by atoms with E-state index in [1.165, 1.54) is 0 Å². The summed E-state index contributed by atoms with van der Waals surface area (Å²) in [6.45, 7) is 0.591. The molecule has 142 valence electrons. The van der Waals surface area contributed by atoms with E-state index in [1.54, 1.807) is 16.7 Å². The molecular formula is C19H20Cl2N4O2. The Hall–Kier alpha value is -2.28. The Balaban J connectivity index is 2.03. The number of aromatic nitrogens is 2. The van der Waals surface area contributed by atoms with Crippen molar-refractivity contribution in [3.8, 4) is 0 Å². The number of hydrogen-bond acceptors (Lipinski definition) is 4. The molecule has 0 saturated carbocycles. The molecule has 27 heavy (non-hydrogen) atoms. The molecule has 6 nitrogen and oxygen atoms in total. The largest absolute Gasteiger partial charge is 0.396 e. The third-order valence-corrected chi connectivity index (χ3v) is 5.01. The minimum atomic E-state index is -0.661. The zero-order valence-corrected chi connectivity index (χ0v) is 16.0. The first-order chi connectivity index (χ1) is 13.0. The summed E-state index contributed by atoms with van der Waals surface area (Å²) in [7, 11) is 0. The number of hydrogen-bond donors (Lipinski definition) is 3. The fourth-order valence-corrected chi connectivity index (χ4v) is 3.29. The number of para-hydroxylation sites is 2. The summed E-state index contributed by atoms with van der Waals surface area (Å²) in [5.74, 6) is 0.0583. The highest BCUT2D eigenvalue weighted by Gasteiger charge is 2.24. The van der Waals surface area contributed by atoms with Gasteiger partial charge in [-0.15, -0.1) is 0 Å². The number of carbonyl (C=O) groups excluding carboxylic acids is 1. The van der Waals surface area contributed by atoms with E-state index in [0.29, 0.717) is 35.4 Å². The van der Waals surface area contributed by atoms with Crippen LogP contribution in [0, 0.1) is 0 Å².